The zero-order valence-electron chi connectivity index (χ0n) is 17.3. The van der Waals surface area contributed by atoms with Crippen LogP contribution in [-0.4, -0.2) is 30.4 Å². The highest BCUT2D eigenvalue weighted by atomic mass is 32.2. The average Bonchev–Trinajstić information content (AvgIpc) is 3.16. The van der Waals surface area contributed by atoms with E-state index in [1.807, 2.05) is 54.6 Å². The summed E-state index contributed by atoms with van der Waals surface area (Å²) in [5.41, 5.74) is 7.56. The van der Waals surface area contributed by atoms with Gasteiger partial charge in [-0.2, -0.15) is 4.31 Å². The van der Waals surface area contributed by atoms with Crippen molar-refractivity contribution in [3.63, 3.8) is 0 Å². The van der Waals surface area contributed by atoms with E-state index in [0.717, 1.165) is 17.5 Å². The second-order valence-corrected chi connectivity index (χ2v) is 10.3. The summed E-state index contributed by atoms with van der Waals surface area (Å²) in [6.07, 6.45) is 1.21. The standard InChI is InChI=1S/C25H24N2O3S/c1-2-31(29,30)27-16-19-9-4-3-7-17(19)15-24(27)25(28)26-21-11-12-23-20(14-21)13-18-8-5-6-10-22(18)23/h3-12,14,24H,2,13,15-16H2,1H3,(H,26,28). The van der Waals surface area contributed by atoms with E-state index >= 15 is 0 Å². The van der Waals surface area contributed by atoms with Gasteiger partial charge in [-0.25, -0.2) is 8.42 Å². The number of nitrogens with zero attached hydrogens (tertiary/aromatic N) is 1. The van der Waals surface area contributed by atoms with Crippen molar-refractivity contribution in [3.05, 3.63) is 89.0 Å². The fraction of sp³-hybridized carbons (Fsp3) is 0.240. The van der Waals surface area contributed by atoms with E-state index in [4.69, 9.17) is 0 Å². The fourth-order valence-corrected chi connectivity index (χ4v) is 5.85. The molecule has 5 nitrogen and oxygen atoms in total. The van der Waals surface area contributed by atoms with E-state index in [0.29, 0.717) is 12.1 Å². The molecule has 0 aromatic heterocycles. The Morgan fingerprint density at radius 1 is 0.935 bits per heavy atom. The molecule has 3 aromatic carbocycles. The lowest BCUT2D eigenvalue weighted by molar-refractivity contribution is -0.120. The van der Waals surface area contributed by atoms with Crippen molar-refractivity contribution in [2.24, 2.45) is 0 Å². The molecule has 158 valence electrons. The van der Waals surface area contributed by atoms with Gasteiger partial charge in [-0.15, -0.1) is 0 Å². The first kappa shape index (κ1) is 20.0. The summed E-state index contributed by atoms with van der Waals surface area (Å²) in [6, 6.07) is 21.2. The number of hydrogen-bond acceptors (Lipinski definition) is 3. The number of amides is 1. The Morgan fingerprint density at radius 2 is 1.61 bits per heavy atom. The van der Waals surface area contributed by atoms with Crippen molar-refractivity contribution >= 4 is 21.6 Å². The molecule has 0 saturated heterocycles. The monoisotopic (exact) mass is 432 g/mol. The van der Waals surface area contributed by atoms with E-state index in [1.54, 1.807) is 6.92 Å². The number of anilines is 1. The Balaban J connectivity index is 1.42. The van der Waals surface area contributed by atoms with Crippen molar-refractivity contribution in [1.29, 1.82) is 0 Å². The number of benzene rings is 3. The molecule has 2 aliphatic rings. The lowest BCUT2D eigenvalue weighted by atomic mass is 9.95. The van der Waals surface area contributed by atoms with E-state index < -0.39 is 16.1 Å². The minimum absolute atomic E-state index is 0.0317. The minimum Gasteiger partial charge on any atom is -0.325 e. The summed E-state index contributed by atoms with van der Waals surface area (Å²) in [5, 5.41) is 2.98. The van der Waals surface area contributed by atoms with Gasteiger partial charge in [0.2, 0.25) is 15.9 Å². The predicted molar refractivity (Wildman–Crippen MR) is 122 cm³/mol. The van der Waals surface area contributed by atoms with Crippen molar-refractivity contribution < 1.29 is 13.2 Å². The molecular weight excluding hydrogens is 408 g/mol. The molecule has 0 spiro atoms. The van der Waals surface area contributed by atoms with Crippen LogP contribution < -0.4 is 5.32 Å². The Hall–Kier alpha value is -2.96. The summed E-state index contributed by atoms with van der Waals surface area (Å²) >= 11 is 0. The molecule has 6 heteroatoms. The van der Waals surface area contributed by atoms with Crippen LogP contribution in [0.3, 0.4) is 0 Å². The molecule has 0 bridgehead atoms. The van der Waals surface area contributed by atoms with Crippen LogP contribution in [0.5, 0.6) is 0 Å². The van der Waals surface area contributed by atoms with Gasteiger partial charge < -0.3 is 5.32 Å². The summed E-state index contributed by atoms with van der Waals surface area (Å²) in [7, 11) is -3.52. The van der Waals surface area contributed by atoms with E-state index in [2.05, 4.69) is 17.4 Å². The largest absolute Gasteiger partial charge is 0.325 e. The van der Waals surface area contributed by atoms with E-state index in [1.165, 1.54) is 26.6 Å². The molecule has 1 heterocycles. The maximum atomic E-state index is 13.3. The number of nitrogens with one attached hydrogen (secondary N) is 1. The Kier molecular flexibility index (Phi) is 4.91. The maximum Gasteiger partial charge on any atom is 0.243 e. The Labute approximate surface area is 182 Å². The molecule has 5 rings (SSSR count). The topological polar surface area (TPSA) is 66.5 Å². The quantitative estimate of drug-likeness (QED) is 0.531. The van der Waals surface area contributed by atoms with Crippen LogP contribution in [0.4, 0.5) is 5.69 Å². The van der Waals surface area contributed by atoms with Gasteiger partial charge in [-0.1, -0.05) is 54.6 Å². The number of sulfonamides is 1. The summed E-state index contributed by atoms with van der Waals surface area (Å²) in [6.45, 7) is 1.84. The van der Waals surface area contributed by atoms with Crippen molar-refractivity contribution in [1.82, 2.24) is 4.31 Å². The van der Waals surface area contributed by atoms with Gasteiger partial charge in [0.15, 0.2) is 0 Å². The third-order valence-corrected chi connectivity index (χ3v) is 8.12. The molecule has 31 heavy (non-hydrogen) atoms. The number of carbonyl (C=O) groups excluding carboxylic acids is 1. The molecule has 1 aliphatic heterocycles. The summed E-state index contributed by atoms with van der Waals surface area (Å²) < 4.78 is 26.9. The second kappa shape index (κ2) is 7.62. The minimum atomic E-state index is -3.52. The van der Waals surface area contributed by atoms with Crippen LogP contribution in [0.1, 0.15) is 29.2 Å². The van der Waals surface area contributed by atoms with Gasteiger partial charge in [0.25, 0.3) is 0 Å². The van der Waals surface area contributed by atoms with E-state index in [9.17, 15) is 13.2 Å². The van der Waals surface area contributed by atoms with Crippen molar-refractivity contribution in [2.45, 2.75) is 32.4 Å². The molecule has 1 N–H and O–H groups in total. The Morgan fingerprint density at radius 3 is 2.39 bits per heavy atom. The maximum absolute atomic E-state index is 13.3. The molecule has 1 aliphatic carbocycles. The number of carbonyl (C=O) groups is 1. The van der Waals surface area contributed by atoms with Gasteiger partial charge in [0.05, 0.1) is 5.75 Å². The van der Waals surface area contributed by atoms with Crippen LogP contribution in [0.25, 0.3) is 11.1 Å². The van der Waals surface area contributed by atoms with Gasteiger partial charge in [0.1, 0.15) is 6.04 Å². The molecular formula is C25H24N2O3S. The highest BCUT2D eigenvalue weighted by Gasteiger charge is 2.38. The lowest BCUT2D eigenvalue weighted by Crippen LogP contribution is -2.51. The highest BCUT2D eigenvalue weighted by molar-refractivity contribution is 7.89. The normalized spacial score (nSPS) is 17.5. The molecule has 0 saturated carbocycles. The van der Waals surface area contributed by atoms with Crippen LogP contribution >= 0.6 is 0 Å². The fourth-order valence-electron chi connectivity index (χ4n) is 4.63. The summed E-state index contributed by atoms with van der Waals surface area (Å²) in [5.74, 6) is -0.322. The first-order chi connectivity index (χ1) is 15.0. The molecule has 1 unspecified atom stereocenters. The molecule has 3 aromatic rings. The second-order valence-electron chi connectivity index (χ2n) is 8.13. The van der Waals surface area contributed by atoms with Crippen LogP contribution in [-0.2, 0) is 34.2 Å². The van der Waals surface area contributed by atoms with Gasteiger partial charge in [-0.3, -0.25) is 4.79 Å². The smallest absolute Gasteiger partial charge is 0.243 e. The molecule has 1 amide bonds. The molecule has 0 fully saturated rings. The third-order valence-electron chi connectivity index (χ3n) is 6.29. The predicted octanol–water partition coefficient (Wildman–Crippen LogP) is 3.97. The molecule has 0 radical (unpaired) electrons. The van der Waals surface area contributed by atoms with Crippen LogP contribution in [0.15, 0.2) is 66.7 Å². The lowest BCUT2D eigenvalue weighted by Gasteiger charge is -2.34. The number of rotatable bonds is 4. The summed E-state index contributed by atoms with van der Waals surface area (Å²) in [4.78, 5) is 13.3. The number of hydrogen-bond donors (Lipinski definition) is 1. The van der Waals surface area contributed by atoms with Gasteiger partial charge in [-0.05, 0) is 65.3 Å². The first-order valence-corrected chi connectivity index (χ1v) is 12.2. The number of fused-ring (bicyclic) bond motifs is 4. The average molecular weight is 433 g/mol. The van der Waals surface area contributed by atoms with Gasteiger partial charge in [0, 0.05) is 12.2 Å². The zero-order valence-corrected chi connectivity index (χ0v) is 18.2. The van der Waals surface area contributed by atoms with Crippen LogP contribution in [0, 0.1) is 0 Å². The van der Waals surface area contributed by atoms with Crippen molar-refractivity contribution in [3.8, 4) is 11.1 Å². The third kappa shape index (κ3) is 3.56. The molecule has 1 atom stereocenters. The highest BCUT2D eigenvalue weighted by Crippen LogP contribution is 2.37. The Bertz CT molecular complexity index is 1280. The van der Waals surface area contributed by atoms with Crippen LogP contribution in [0.2, 0.25) is 0 Å². The van der Waals surface area contributed by atoms with Crippen molar-refractivity contribution in [2.75, 3.05) is 11.1 Å². The zero-order chi connectivity index (χ0) is 21.6. The van der Waals surface area contributed by atoms with E-state index in [-0.39, 0.29) is 18.2 Å². The SMILES string of the molecule is CCS(=O)(=O)N1Cc2ccccc2CC1C(=O)Nc1ccc2c(c1)Cc1ccccc1-2. The first-order valence-electron chi connectivity index (χ1n) is 10.5. The van der Waals surface area contributed by atoms with Gasteiger partial charge >= 0.3 is 0 Å².